The maximum Gasteiger partial charge on any atom is 0.335 e. The number of benzene rings is 2. The van der Waals surface area contributed by atoms with Crippen molar-refractivity contribution in [3.63, 3.8) is 0 Å². The fourth-order valence-corrected chi connectivity index (χ4v) is 1.64. The Hall–Kier alpha value is -3.00. The standard InChI is InChI=1S/C15H11NO4/c1-19-14-7-10(9-16)5-6-13(14)20-12-4-2-3-11(8-12)15(17)18/h2-8H,1H3,(H,17,18). The van der Waals surface area contributed by atoms with E-state index in [0.717, 1.165) is 0 Å². The van der Waals surface area contributed by atoms with Gasteiger partial charge in [-0.15, -0.1) is 0 Å². The molecule has 0 heterocycles. The molecule has 0 aliphatic rings. The molecule has 2 rings (SSSR count). The van der Waals surface area contributed by atoms with Gasteiger partial charge >= 0.3 is 5.97 Å². The second-order valence-electron chi connectivity index (χ2n) is 3.91. The number of nitriles is 1. The second kappa shape index (κ2) is 5.76. The van der Waals surface area contributed by atoms with Crippen molar-refractivity contribution in [2.75, 3.05) is 7.11 Å². The molecule has 2 aromatic carbocycles. The first-order valence-corrected chi connectivity index (χ1v) is 5.73. The lowest BCUT2D eigenvalue weighted by atomic mass is 10.2. The van der Waals surface area contributed by atoms with Crippen LogP contribution >= 0.6 is 0 Å². The molecular weight excluding hydrogens is 258 g/mol. The van der Waals surface area contributed by atoms with Crippen LogP contribution in [0.15, 0.2) is 42.5 Å². The van der Waals surface area contributed by atoms with Gasteiger partial charge in [0.25, 0.3) is 0 Å². The number of hydrogen-bond acceptors (Lipinski definition) is 4. The van der Waals surface area contributed by atoms with Crippen LogP contribution in [0.3, 0.4) is 0 Å². The summed E-state index contributed by atoms with van der Waals surface area (Å²) in [6.07, 6.45) is 0. The first kappa shape index (κ1) is 13.4. The van der Waals surface area contributed by atoms with E-state index < -0.39 is 5.97 Å². The van der Waals surface area contributed by atoms with E-state index in [0.29, 0.717) is 22.8 Å². The minimum atomic E-state index is -1.03. The molecule has 0 aliphatic carbocycles. The van der Waals surface area contributed by atoms with Crippen molar-refractivity contribution in [3.8, 4) is 23.3 Å². The molecule has 0 saturated heterocycles. The Balaban J connectivity index is 2.32. The van der Waals surface area contributed by atoms with E-state index in [1.165, 1.54) is 19.2 Å². The first-order chi connectivity index (χ1) is 9.63. The number of aromatic carboxylic acids is 1. The fourth-order valence-electron chi connectivity index (χ4n) is 1.64. The zero-order chi connectivity index (χ0) is 14.5. The third-order valence-electron chi connectivity index (χ3n) is 2.60. The molecule has 100 valence electrons. The minimum absolute atomic E-state index is 0.134. The van der Waals surface area contributed by atoms with Crippen molar-refractivity contribution in [3.05, 3.63) is 53.6 Å². The molecule has 0 aliphatic heterocycles. The van der Waals surface area contributed by atoms with Crippen molar-refractivity contribution in [2.24, 2.45) is 0 Å². The molecule has 0 saturated carbocycles. The van der Waals surface area contributed by atoms with Gasteiger partial charge in [0.2, 0.25) is 0 Å². The van der Waals surface area contributed by atoms with Crippen LogP contribution < -0.4 is 9.47 Å². The molecule has 0 spiro atoms. The molecule has 0 unspecified atom stereocenters. The van der Waals surface area contributed by atoms with Crippen molar-refractivity contribution >= 4 is 5.97 Å². The van der Waals surface area contributed by atoms with Gasteiger partial charge in [0.15, 0.2) is 11.5 Å². The highest BCUT2D eigenvalue weighted by Gasteiger charge is 2.09. The monoisotopic (exact) mass is 269 g/mol. The maximum absolute atomic E-state index is 10.9. The van der Waals surface area contributed by atoms with Crippen LogP contribution in [0, 0.1) is 11.3 Å². The molecule has 0 radical (unpaired) electrons. The number of carbonyl (C=O) groups is 1. The van der Waals surface area contributed by atoms with Gasteiger partial charge in [0.1, 0.15) is 5.75 Å². The van der Waals surface area contributed by atoms with Gasteiger partial charge < -0.3 is 14.6 Å². The lowest BCUT2D eigenvalue weighted by Gasteiger charge is -2.10. The summed E-state index contributed by atoms with van der Waals surface area (Å²) >= 11 is 0. The Morgan fingerprint density at radius 2 is 2.00 bits per heavy atom. The van der Waals surface area contributed by atoms with E-state index in [1.54, 1.807) is 30.3 Å². The van der Waals surface area contributed by atoms with Crippen LogP contribution in [0.2, 0.25) is 0 Å². The summed E-state index contributed by atoms with van der Waals surface area (Å²) in [5.41, 5.74) is 0.587. The van der Waals surface area contributed by atoms with Gasteiger partial charge in [-0.1, -0.05) is 6.07 Å². The highest BCUT2D eigenvalue weighted by atomic mass is 16.5. The summed E-state index contributed by atoms with van der Waals surface area (Å²) in [6, 6.07) is 12.9. The fraction of sp³-hybridized carbons (Fsp3) is 0.0667. The third-order valence-corrected chi connectivity index (χ3v) is 2.60. The Morgan fingerprint density at radius 3 is 2.65 bits per heavy atom. The average molecular weight is 269 g/mol. The van der Waals surface area contributed by atoms with Gasteiger partial charge in [-0.2, -0.15) is 5.26 Å². The molecule has 0 bridgehead atoms. The normalized spacial score (nSPS) is 9.60. The summed E-state index contributed by atoms with van der Waals surface area (Å²) in [4.78, 5) is 10.9. The largest absolute Gasteiger partial charge is 0.493 e. The number of carboxylic acids is 1. The number of hydrogen-bond donors (Lipinski definition) is 1. The van der Waals surface area contributed by atoms with Crippen LogP contribution in [0.4, 0.5) is 0 Å². The molecule has 1 N–H and O–H groups in total. The lowest BCUT2D eigenvalue weighted by molar-refractivity contribution is 0.0696. The number of methoxy groups -OCH3 is 1. The van der Waals surface area contributed by atoms with E-state index in [2.05, 4.69) is 0 Å². The zero-order valence-corrected chi connectivity index (χ0v) is 10.7. The van der Waals surface area contributed by atoms with E-state index in [9.17, 15) is 4.79 Å². The van der Waals surface area contributed by atoms with E-state index >= 15 is 0 Å². The van der Waals surface area contributed by atoms with Crippen LogP contribution in [0.25, 0.3) is 0 Å². The van der Waals surface area contributed by atoms with Gasteiger partial charge in [-0.3, -0.25) is 0 Å². The summed E-state index contributed by atoms with van der Waals surface area (Å²) in [6.45, 7) is 0. The molecule has 20 heavy (non-hydrogen) atoms. The predicted octanol–water partition coefficient (Wildman–Crippen LogP) is 3.06. The highest BCUT2D eigenvalue weighted by Crippen LogP contribution is 2.32. The Labute approximate surface area is 115 Å². The van der Waals surface area contributed by atoms with E-state index in [1.807, 2.05) is 6.07 Å². The van der Waals surface area contributed by atoms with Crippen molar-refractivity contribution in [1.82, 2.24) is 0 Å². The number of carboxylic acid groups (broad SMARTS) is 1. The second-order valence-corrected chi connectivity index (χ2v) is 3.91. The highest BCUT2D eigenvalue weighted by molar-refractivity contribution is 5.88. The van der Waals surface area contributed by atoms with Gasteiger partial charge in [-0.25, -0.2) is 4.79 Å². The van der Waals surface area contributed by atoms with Gasteiger partial charge in [-0.05, 0) is 30.3 Å². The topological polar surface area (TPSA) is 79.5 Å². The Bertz CT molecular complexity index is 689. The zero-order valence-electron chi connectivity index (χ0n) is 10.7. The molecule has 0 atom stereocenters. The quantitative estimate of drug-likeness (QED) is 0.922. The molecule has 0 aromatic heterocycles. The summed E-state index contributed by atoms with van der Waals surface area (Å²) in [5, 5.41) is 17.8. The van der Waals surface area contributed by atoms with Crippen molar-refractivity contribution in [2.45, 2.75) is 0 Å². The summed E-state index contributed by atoms with van der Waals surface area (Å²) in [5.74, 6) is 0.175. The predicted molar refractivity (Wildman–Crippen MR) is 71.2 cm³/mol. The van der Waals surface area contributed by atoms with E-state index in [-0.39, 0.29) is 5.56 Å². The number of ether oxygens (including phenoxy) is 2. The van der Waals surface area contributed by atoms with Crippen molar-refractivity contribution in [1.29, 1.82) is 5.26 Å². The summed E-state index contributed by atoms with van der Waals surface area (Å²) in [7, 11) is 1.47. The molecule has 5 heteroatoms. The lowest BCUT2D eigenvalue weighted by Crippen LogP contribution is -1.96. The van der Waals surface area contributed by atoms with Gasteiger partial charge in [0, 0.05) is 6.07 Å². The van der Waals surface area contributed by atoms with Crippen molar-refractivity contribution < 1.29 is 19.4 Å². The smallest absolute Gasteiger partial charge is 0.335 e. The Morgan fingerprint density at radius 1 is 1.20 bits per heavy atom. The Kier molecular flexibility index (Phi) is 3.87. The van der Waals surface area contributed by atoms with Gasteiger partial charge in [0.05, 0.1) is 24.3 Å². The first-order valence-electron chi connectivity index (χ1n) is 5.73. The third kappa shape index (κ3) is 2.87. The molecule has 5 nitrogen and oxygen atoms in total. The van der Waals surface area contributed by atoms with Crippen LogP contribution in [-0.4, -0.2) is 18.2 Å². The average Bonchev–Trinajstić information content (AvgIpc) is 2.48. The maximum atomic E-state index is 10.9. The molecule has 2 aromatic rings. The number of rotatable bonds is 4. The molecule has 0 amide bonds. The molecule has 0 fully saturated rings. The van der Waals surface area contributed by atoms with Crippen LogP contribution in [0.5, 0.6) is 17.2 Å². The SMILES string of the molecule is COc1cc(C#N)ccc1Oc1cccc(C(=O)O)c1. The minimum Gasteiger partial charge on any atom is -0.493 e. The molecular formula is C15H11NO4. The number of nitrogens with zero attached hydrogens (tertiary/aromatic N) is 1. The van der Waals surface area contributed by atoms with Crippen LogP contribution in [-0.2, 0) is 0 Å². The van der Waals surface area contributed by atoms with Crippen LogP contribution in [0.1, 0.15) is 15.9 Å². The van der Waals surface area contributed by atoms with E-state index in [4.69, 9.17) is 19.8 Å². The summed E-state index contributed by atoms with van der Waals surface area (Å²) < 4.78 is 10.7.